The average molecular weight is 380 g/mol. The van der Waals surface area contributed by atoms with Crippen LogP contribution in [0.25, 0.3) is 17.2 Å². The van der Waals surface area contributed by atoms with E-state index in [9.17, 15) is 4.79 Å². The highest BCUT2D eigenvalue weighted by atomic mass is 16.1. The number of aldehydes is 1. The molecule has 3 aromatic rings. The van der Waals surface area contributed by atoms with Crippen molar-refractivity contribution >= 4 is 23.7 Å². The number of carbonyl (C=O) groups excluding carboxylic acids is 1. The number of benzene rings is 3. The van der Waals surface area contributed by atoms with Crippen LogP contribution in [-0.4, -0.2) is 12.8 Å². The van der Waals surface area contributed by atoms with Crippen molar-refractivity contribution in [2.24, 2.45) is 0 Å². The van der Waals surface area contributed by atoms with Crippen LogP contribution < -0.4 is 4.90 Å². The first-order chi connectivity index (χ1) is 14.1. The quantitative estimate of drug-likeness (QED) is 0.394. The number of fused-ring (bicyclic) bond motifs is 4. The number of anilines is 2. The van der Waals surface area contributed by atoms with Crippen molar-refractivity contribution in [2.75, 3.05) is 11.4 Å². The van der Waals surface area contributed by atoms with E-state index in [4.69, 9.17) is 0 Å². The van der Waals surface area contributed by atoms with Gasteiger partial charge in [-0.05, 0) is 76.6 Å². The summed E-state index contributed by atoms with van der Waals surface area (Å²) in [5.74, 6) is 0. The van der Waals surface area contributed by atoms with Crippen molar-refractivity contribution < 1.29 is 4.79 Å². The summed E-state index contributed by atoms with van der Waals surface area (Å²) in [6, 6.07) is 22.3. The number of rotatable bonds is 3. The van der Waals surface area contributed by atoms with Crippen LogP contribution in [0.3, 0.4) is 0 Å². The van der Waals surface area contributed by atoms with Gasteiger partial charge in [-0.3, -0.25) is 4.79 Å². The van der Waals surface area contributed by atoms with E-state index in [1.807, 2.05) is 6.08 Å². The highest BCUT2D eigenvalue weighted by Gasteiger charge is 2.35. The third-order valence-corrected chi connectivity index (χ3v) is 6.47. The van der Waals surface area contributed by atoms with Crippen molar-refractivity contribution in [3.63, 3.8) is 0 Å². The van der Waals surface area contributed by atoms with Gasteiger partial charge in [0.15, 0.2) is 0 Å². The summed E-state index contributed by atoms with van der Waals surface area (Å²) in [6.07, 6.45) is 6.48. The minimum atomic E-state index is 0.0179. The second kappa shape index (κ2) is 6.73. The van der Waals surface area contributed by atoms with Crippen LogP contribution in [0.1, 0.15) is 42.5 Å². The Bertz CT molecular complexity index is 1140. The molecule has 0 saturated heterocycles. The van der Waals surface area contributed by atoms with Crippen molar-refractivity contribution in [1.82, 2.24) is 0 Å². The molecule has 2 aliphatic rings. The lowest BCUT2D eigenvalue weighted by Crippen LogP contribution is -2.25. The maximum absolute atomic E-state index is 10.6. The highest BCUT2D eigenvalue weighted by molar-refractivity contribution is 5.84. The highest BCUT2D eigenvalue weighted by Crippen LogP contribution is 2.50. The van der Waals surface area contributed by atoms with Gasteiger partial charge < -0.3 is 4.90 Å². The Kier molecular flexibility index (Phi) is 4.16. The molecule has 0 fully saturated rings. The molecule has 0 saturated carbocycles. The van der Waals surface area contributed by atoms with Crippen molar-refractivity contribution in [1.29, 1.82) is 0 Å². The molecule has 3 aromatic carbocycles. The number of nitrogens with zero attached hydrogens (tertiary/aromatic N) is 1. The van der Waals surface area contributed by atoms with Crippen LogP contribution in [0.2, 0.25) is 0 Å². The molecule has 0 N–H and O–H groups in total. The number of aryl methyl sites for hydroxylation is 1. The topological polar surface area (TPSA) is 20.3 Å². The van der Waals surface area contributed by atoms with Crippen LogP contribution in [0.4, 0.5) is 11.4 Å². The molecular weight excluding hydrogens is 354 g/mol. The maximum Gasteiger partial charge on any atom is 0.142 e. The van der Waals surface area contributed by atoms with E-state index in [0.717, 1.165) is 31.2 Å². The SMILES string of the molecule is CC1(C)c2ccccc2-c2ccc(N3CCCc4cc(C=CC=O)ccc43)cc21. The van der Waals surface area contributed by atoms with E-state index in [1.54, 1.807) is 6.08 Å². The zero-order valence-corrected chi connectivity index (χ0v) is 17.0. The van der Waals surface area contributed by atoms with Gasteiger partial charge in [0.2, 0.25) is 0 Å². The summed E-state index contributed by atoms with van der Waals surface area (Å²) in [6.45, 7) is 5.69. The summed E-state index contributed by atoms with van der Waals surface area (Å²) >= 11 is 0. The van der Waals surface area contributed by atoms with E-state index < -0.39 is 0 Å². The summed E-state index contributed by atoms with van der Waals surface area (Å²) in [7, 11) is 0. The molecule has 0 amide bonds. The summed E-state index contributed by atoms with van der Waals surface area (Å²) in [5.41, 5.74) is 10.6. The molecule has 0 unspecified atom stereocenters. The van der Waals surface area contributed by atoms with Gasteiger partial charge in [-0.25, -0.2) is 0 Å². The second-order valence-corrected chi connectivity index (χ2v) is 8.54. The Hall–Kier alpha value is -3.13. The van der Waals surface area contributed by atoms with E-state index in [-0.39, 0.29) is 5.41 Å². The minimum Gasteiger partial charge on any atom is -0.341 e. The molecule has 2 nitrogen and oxygen atoms in total. The Balaban J connectivity index is 1.57. The number of hydrogen-bond acceptors (Lipinski definition) is 2. The van der Waals surface area contributed by atoms with E-state index in [0.29, 0.717) is 0 Å². The third kappa shape index (κ3) is 2.82. The predicted molar refractivity (Wildman–Crippen MR) is 121 cm³/mol. The van der Waals surface area contributed by atoms with Crippen LogP contribution >= 0.6 is 0 Å². The fraction of sp³-hybridized carbons (Fsp3) is 0.222. The van der Waals surface area contributed by atoms with E-state index in [2.05, 4.69) is 79.4 Å². The smallest absolute Gasteiger partial charge is 0.142 e. The van der Waals surface area contributed by atoms with Gasteiger partial charge in [-0.1, -0.05) is 56.3 Å². The van der Waals surface area contributed by atoms with Gasteiger partial charge >= 0.3 is 0 Å². The van der Waals surface area contributed by atoms with Gasteiger partial charge in [0, 0.05) is 23.3 Å². The molecule has 144 valence electrons. The van der Waals surface area contributed by atoms with Crippen molar-refractivity contribution in [3.8, 4) is 11.1 Å². The van der Waals surface area contributed by atoms with Gasteiger partial charge in [-0.15, -0.1) is 0 Å². The zero-order valence-electron chi connectivity index (χ0n) is 17.0. The molecule has 1 heterocycles. The first-order valence-electron chi connectivity index (χ1n) is 10.4. The minimum absolute atomic E-state index is 0.0179. The van der Waals surface area contributed by atoms with Gasteiger partial charge in [0.05, 0.1) is 0 Å². The maximum atomic E-state index is 10.6. The summed E-state index contributed by atoms with van der Waals surface area (Å²) in [4.78, 5) is 13.1. The third-order valence-electron chi connectivity index (χ3n) is 6.47. The molecule has 29 heavy (non-hydrogen) atoms. The molecule has 0 bridgehead atoms. The number of carbonyl (C=O) groups is 1. The largest absolute Gasteiger partial charge is 0.341 e. The van der Waals surface area contributed by atoms with Crippen LogP contribution in [-0.2, 0) is 16.6 Å². The number of hydrogen-bond donors (Lipinski definition) is 0. The second-order valence-electron chi connectivity index (χ2n) is 8.54. The fourth-order valence-electron chi connectivity index (χ4n) is 5.00. The number of allylic oxidation sites excluding steroid dienone is 1. The normalized spacial score (nSPS) is 16.4. The Morgan fingerprint density at radius 2 is 1.76 bits per heavy atom. The van der Waals surface area contributed by atoms with E-state index >= 15 is 0 Å². The fourth-order valence-corrected chi connectivity index (χ4v) is 5.00. The van der Waals surface area contributed by atoms with Gasteiger partial charge in [0.1, 0.15) is 6.29 Å². The lowest BCUT2D eigenvalue weighted by atomic mass is 9.82. The summed E-state index contributed by atoms with van der Waals surface area (Å²) in [5, 5.41) is 0. The first kappa shape index (κ1) is 17.9. The molecule has 0 radical (unpaired) electrons. The summed E-state index contributed by atoms with van der Waals surface area (Å²) < 4.78 is 0. The van der Waals surface area contributed by atoms with Crippen molar-refractivity contribution in [3.05, 3.63) is 89.0 Å². The molecule has 0 aromatic heterocycles. The van der Waals surface area contributed by atoms with Crippen LogP contribution in [0, 0.1) is 0 Å². The molecule has 0 atom stereocenters. The Labute approximate surface area is 172 Å². The zero-order chi connectivity index (χ0) is 20.0. The standard InChI is InChI=1S/C27H25NO/c1-27(2)24-10-4-3-9-22(24)23-13-12-21(18-25(23)27)28-15-5-8-20-17-19(7-6-16-29)11-14-26(20)28/h3-4,6-7,9-14,16-18H,5,8,15H2,1-2H3. The Morgan fingerprint density at radius 1 is 0.931 bits per heavy atom. The molecule has 1 aliphatic heterocycles. The molecule has 2 heteroatoms. The average Bonchev–Trinajstić information content (AvgIpc) is 2.98. The van der Waals surface area contributed by atoms with Crippen LogP contribution in [0.5, 0.6) is 0 Å². The lowest BCUT2D eigenvalue weighted by Gasteiger charge is -2.33. The Morgan fingerprint density at radius 3 is 2.62 bits per heavy atom. The molecular formula is C27H25NO. The predicted octanol–water partition coefficient (Wildman–Crippen LogP) is 6.29. The lowest BCUT2D eigenvalue weighted by molar-refractivity contribution is -0.104. The van der Waals surface area contributed by atoms with Gasteiger partial charge in [0.25, 0.3) is 0 Å². The molecule has 1 aliphatic carbocycles. The first-order valence-corrected chi connectivity index (χ1v) is 10.4. The molecule has 0 spiro atoms. The van der Waals surface area contributed by atoms with E-state index in [1.165, 1.54) is 39.2 Å². The van der Waals surface area contributed by atoms with Crippen LogP contribution in [0.15, 0.2) is 66.7 Å². The molecule has 5 rings (SSSR count). The monoisotopic (exact) mass is 379 g/mol. The van der Waals surface area contributed by atoms with Crippen molar-refractivity contribution in [2.45, 2.75) is 32.1 Å². The van der Waals surface area contributed by atoms with Gasteiger partial charge in [-0.2, -0.15) is 0 Å².